The Balaban J connectivity index is 1.51. The molecule has 0 unspecified atom stereocenters. The fourth-order valence-corrected chi connectivity index (χ4v) is 3.67. The first kappa shape index (κ1) is 22.2. The third-order valence-corrected chi connectivity index (χ3v) is 5.44. The minimum Gasteiger partial charge on any atom is -0.372 e. The number of halogens is 1. The smallest absolute Gasteiger partial charge is 0.251 e. The molecular weight excluding hydrogens is 423 g/mol. The van der Waals surface area contributed by atoms with Gasteiger partial charge in [0.05, 0.1) is 30.0 Å². The molecule has 0 aliphatic carbocycles. The number of carbonyl (C=O) groups is 1. The van der Waals surface area contributed by atoms with Crippen molar-refractivity contribution in [2.24, 2.45) is 0 Å². The average Bonchev–Trinajstić information content (AvgIpc) is 2.83. The molecule has 1 saturated heterocycles. The number of amides is 1. The molecule has 1 aliphatic heterocycles. The van der Waals surface area contributed by atoms with E-state index in [0.717, 1.165) is 0 Å². The maximum absolute atomic E-state index is 14.1. The van der Waals surface area contributed by atoms with Gasteiger partial charge in [-0.1, -0.05) is 24.3 Å². The van der Waals surface area contributed by atoms with Crippen molar-refractivity contribution >= 4 is 17.7 Å². The van der Waals surface area contributed by atoms with Gasteiger partial charge in [-0.05, 0) is 31.2 Å². The van der Waals surface area contributed by atoms with Gasteiger partial charge in [-0.2, -0.15) is 10.2 Å². The molecule has 1 aromatic heterocycles. The largest absolute Gasteiger partial charge is 0.372 e. The summed E-state index contributed by atoms with van der Waals surface area (Å²) >= 11 is 0. The van der Waals surface area contributed by atoms with Gasteiger partial charge in [-0.15, -0.1) is 0 Å². The van der Waals surface area contributed by atoms with Crippen LogP contribution >= 0.6 is 0 Å². The van der Waals surface area contributed by atoms with E-state index in [4.69, 9.17) is 15.7 Å². The van der Waals surface area contributed by atoms with Gasteiger partial charge in [-0.25, -0.2) is 9.37 Å². The lowest BCUT2D eigenvalue weighted by molar-refractivity contribution is 0.0227. The van der Waals surface area contributed by atoms with Crippen molar-refractivity contribution in [2.75, 3.05) is 30.3 Å². The first-order valence-electron chi connectivity index (χ1n) is 10.5. The van der Waals surface area contributed by atoms with E-state index >= 15 is 0 Å². The fraction of sp³-hybridized carbons (Fsp3) is 0.250. The number of hydrogen-bond donors (Lipinski definition) is 2. The quantitative estimate of drug-likeness (QED) is 0.619. The minimum absolute atomic E-state index is 0.00549. The molecule has 2 atom stereocenters. The summed E-state index contributed by atoms with van der Waals surface area (Å²) in [5.74, 6) is -0.152. The zero-order valence-electron chi connectivity index (χ0n) is 18.0. The van der Waals surface area contributed by atoms with E-state index in [1.807, 2.05) is 30.0 Å². The molecule has 0 radical (unpaired) electrons. The molecule has 2 aromatic carbocycles. The molecule has 0 saturated carbocycles. The standard InChI is InChI=1S/C24H23FN6O2/c1-15-14-33-19(12-28-23(32)16-5-3-2-4-6-16)13-31(15)22-10-21(29-24(27)30-22)17-7-8-18(11-26)20(25)9-17/h2-10,15,19H,12-14H2,1H3,(H,28,32)(H2,27,29,30)/t15-,19-/m1/s1. The fourth-order valence-electron chi connectivity index (χ4n) is 3.67. The van der Waals surface area contributed by atoms with Crippen LogP contribution in [0.15, 0.2) is 54.6 Å². The Morgan fingerprint density at radius 2 is 2.06 bits per heavy atom. The number of morpholine rings is 1. The second kappa shape index (κ2) is 9.63. The van der Waals surface area contributed by atoms with Crippen molar-refractivity contribution in [3.63, 3.8) is 0 Å². The highest BCUT2D eigenvalue weighted by Crippen LogP contribution is 2.27. The molecule has 2 heterocycles. The van der Waals surface area contributed by atoms with E-state index in [0.29, 0.717) is 42.3 Å². The molecule has 8 nitrogen and oxygen atoms in total. The Kier molecular flexibility index (Phi) is 6.47. The Hall–Kier alpha value is -4.03. The van der Waals surface area contributed by atoms with Gasteiger partial charge in [0, 0.05) is 30.3 Å². The van der Waals surface area contributed by atoms with E-state index < -0.39 is 5.82 Å². The van der Waals surface area contributed by atoms with Crippen molar-refractivity contribution in [3.8, 4) is 17.3 Å². The molecule has 33 heavy (non-hydrogen) atoms. The lowest BCUT2D eigenvalue weighted by Crippen LogP contribution is -2.52. The number of anilines is 2. The van der Waals surface area contributed by atoms with Crippen LogP contribution in [0.2, 0.25) is 0 Å². The number of nitrogens with two attached hydrogens (primary N) is 1. The normalized spacial score (nSPS) is 17.9. The Labute approximate surface area is 190 Å². The molecule has 9 heteroatoms. The van der Waals surface area contributed by atoms with Crippen LogP contribution in [-0.2, 0) is 4.74 Å². The molecule has 1 amide bonds. The van der Waals surface area contributed by atoms with Crippen molar-refractivity contribution < 1.29 is 13.9 Å². The van der Waals surface area contributed by atoms with Gasteiger partial charge in [0.25, 0.3) is 5.91 Å². The number of hydrogen-bond acceptors (Lipinski definition) is 7. The highest BCUT2D eigenvalue weighted by atomic mass is 19.1. The maximum atomic E-state index is 14.1. The molecule has 0 spiro atoms. The maximum Gasteiger partial charge on any atom is 0.251 e. The van der Waals surface area contributed by atoms with Crippen molar-refractivity contribution in [1.82, 2.24) is 15.3 Å². The number of nitriles is 1. The molecular formula is C24H23FN6O2. The van der Waals surface area contributed by atoms with Crippen LogP contribution in [0.4, 0.5) is 16.2 Å². The predicted octanol–water partition coefficient (Wildman–Crippen LogP) is 2.76. The number of aromatic nitrogens is 2. The Morgan fingerprint density at radius 1 is 1.27 bits per heavy atom. The number of nitrogens with one attached hydrogen (secondary N) is 1. The van der Waals surface area contributed by atoms with Crippen molar-refractivity contribution in [1.29, 1.82) is 5.26 Å². The number of carbonyl (C=O) groups excluding carboxylic acids is 1. The summed E-state index contributed by atoms with van der Waals surface area (Å²) in [5, 5.41) is 11.9. The van der Waals surface area contributed by atoms with Crippen molar-refractivity contribution in [3.05, 3.63) is 71.5 Å². The number of benzene rings is 2. The van der Waals surface area contributed by atoms with Gasteiger partial charge < -0.3 is 20.7 Å². The van der Waals surface area contributed by atoms with Gasteiger partial charge in [0.1, 0.15) is 17.7 Å². The SMILES string of the molecule is C[C@@H]1CO[C@H](CNC(=O)c2ccccc2)CN1c1cc(-c2ccc(C#N)c(F)c2)nc(N)n1. The summed E-state index contributed by atoms with van der Waals surface area (Å²) in [4.78, 5) is 23.0. The average molecular weight is 446 g/mol. The first-order chi connectivity index (χ1) is 15.9. The summed E-state index contributed by atoms with van der Waals surface area (Å²) in [6.07, 6.45) is -0.249. The first-order valence-corrected chi connectivity index (χ1v) is 10.5. The number of ether oxygens (including phenoxy) is 1. The second-order valence-corrected chi connectivity index (χ2v) is 7.81. The number of nitrogens with zero attached hydrogens (tertiary/aromatic N) is 4. The third kappa shape index (κ3) is 5.07. The molecule has 4 rings (SSSR count). The molecule has 168 valence electrons. The number of nitrogen functional groups attached to an aromatic ring is 1. The van der Waals surface area contributed by atoms with E-state index in [9.17, 15) is 9.18 Å². The van der Waals surface area contributed by atoms with Gasteiger partial charge in [-0.3, -0.25) is 4.79 Å². The zero-order chi connectivity index (χ0) is 23.4. The van der Waals surface area contributed by atoms with E-state index in [-0.39, 0.29) is 29.6 Å². The summed E-state index contributed by atoms with van der Waals surface area (Å²) in [6, 6.07) is 16.8. The van der Waals surface area contributed by atoms with Crippen LogP contribution in [0, 0.1) is 17.1 Å². The van der Waals surface area contributed by atoms with E-state index in [1.54, 1.807) is 30.3 Å². The topological polar surface area (TPSA) is 117 Å². The van der Waals surface area contributed by atoms with Crippen LogP contribution in [0.1, 0.15) is 22.8 Å². The van der Waals surface area contributed by atoms with Crippen LogP contribution in [0.25, 0.3) is 11.3 Å². The summed E-state index contributed by atoms with van der Waals surface area (Å²) in [6.45, 7) is 3.26. The van der Waals surface area contributed by atoms with Gasteiger partial charge in [0.2, 0.25) is 5.95 Å². The lowest BCUT2D eigenvalue weighted by atomic mass is 10.1. The Bertz CT molecular complexity index is 1200. The van der Waals surface area contributed by atoms with E-state index in [2.05, 4.69) is 15.3 Å². The minimum atomic E-state index is -0.623. The monoisotopic (exact) mass is 446 g/mol. The molecule has 0 bridgehead atoms. The molecule has 1 aliphatic rings. The van der Waals surface area contributed by atoms with Gasteiger partial charge >= 0.3 is 0 Å². The molecule has 1 fully saturated rings. The summed E-state index contributed by atoms with van der Waals surface area (Å²) in [7, 11) is 0. The van der Waals surface area contributed by atoms with Crippen LogP contribution in [-0.4, -0.2) is 47.7 Å². The lowest BCUT2D eigenvalue weighted by Gasteiger charge is -2.39. The zero-order valence-corrected chi connectivity index (χ0v) is 18.0. The third-order valence-electron chi connectivity index (χ3n) is 5.44. The highest BCUT2D eigenvalue weighted by Gasteiger charge is 2.28. The van der Waals surface area contributed by atoms with Crippen LogP contribution in [0.5, 0.6) is 0 Å². The van der Waals surface area contributed by atoms with Crippen molar-refractivity contribution in [2.45, 2.75) is 19.1 Å². The van der Waals surface area contributed by atoms with Crippen LogP contribution in [0.3, 0.4) is 0 Å². The van der Waals surface area contributed by atoms with E-state index in [1.165, 1.54) is 12.1 Å². The van der Waals surface area contributed by atoms with Gasteiger partial charge in [0.15, 0.2) is 0 Å². The van der Waals surface area contributed by atoms with Crippen LogP contribution < -0.4 is 16.0 Å². The summed E-state index contributed by atoms with van der Waals surface area (Å²) < 4.78 is 20.0. The molecule has 3 N–H and O–H groups in total. The molecule has 3 aromatic rings. The predicted molar refractivity (Wildman–Crippen MR) is 122 cm³/mol. The second-order valence-electron chi connectivity index (χ2n) is 7.81. The highest BCUT2D eigenvalue weighted by molar-refractivity contribution is 5.94. The summed E-state index contributed by atoms with van der Waals surface area (Å²) in [5.41, 5.74) is 7.45. The number of rotatable bonds is 5. The Morgan fingerprint density at radius 3 is 2.79 bits per heavy atom.